The van der Waals surface area contributed by atoms with E-state index < -0.39 is 5.60 Å². The molecule has 0 bridgehead atoms. The lowest BCUT2D eigenvalue weighted by Crippen LogP contribution is -2.26. The van der Waals surface area contributed by atoms with Crippen LogP contribution in [0.4, 0.5) is 0 Å². The second-order valence-electron chi connectivity index (χ2n) is 3.99. The highest BCUT2D eigenvalue weighted by Crippen LogP contribution is 2.24. The fourth-order valence-electron chi connectivity index (χ4n) is 1.75. The summed E-state index contributed by atoms with van der Waals surface area (Å²) in [6.07, 6.45) is 1.89. The summed E-state index contributed by atoms with van der Waals surface area (Å²) in [5, 5.41) is 11.2. The normalized spacial score (nSPS) is 15.4. The first-order valence-corrected chi connectivity index (χ1v) is 4.92. The Labute approximate surface area is 88.7 Å². The number of nitrogens with one attached hydrogen (secondary N) is 1. The molecule has 3 heteroatoms. The van der Waals surface area contributed by atoms with Crippen molar-refractivity contribution in [2.24, 2.45) is 0 Å². The molecule has 0 aliphatic heterocycles. The minimum absolute atomic E-state index is 0.295. The molecule has 2 aromatic rings. The summed E-state index contributed by atoms with van der Waals surface area (Å²) >= 11 is 0. The lowest BCUT2D eigenvalue weighted by atomic mass is 9.96. The summed E-state index contributed by atoms with van der Waals surface area (Å²) in [5.74, 6) is 0. The van der Waals surface area contributed by atoms with Crippen molar-refractivity contribution in [3.63, 3.8) is 0 Å². The molecule has 1 heterocycles. The molecule has 3 nitrogen and oxygen atoms in total. The van der Waals surface area contributed by atoms with Crippen LogP contribution < -0.4 is 0 Å². The maximum Gasteiger partial charge on any atom is 0.110 e. The largest absolute Gasteiger partial charge is 0.383 e. The standard InChI is InChI=1S/C12H15NO2/c1-12(14,8-15-2)10-3-4-11-9(7-10)5-6-13-11/h3-7,13-14H,8H2,1-2H3. The van der Waals surface area contributed by atoms with Gasteiger partial charge in [-0.2, -0.15) is 0 Å². The molecule has 15 heavy (non-hydrogen) atoms. The number of benzene rings is 1. The van der Waals surface area contributed by atoms with E-state index >= 15 is 0 Å². The summed E-state index contributed by atoms with van der Waals surface area (Å²) in [5.41, 5.74) is 1.02. The Hall–Kier alpha value is -1.32. The predicted molar refractivity (Wildman–Crippen MR) is 59.7 cm³/mol. The zero-order valence-corrected chi connectivity index (χ0v) is 8.95. The third kappa shape index (κ3) is 1.89. The van der Waals surface area contributed by atoms with Crippen LogP contribution >= 0.6 is 0 Å². The number of hydrogen-bond donors (Lipinski definition) is 2. The first kappa shape index (κ1) is 10.2. The molecule has 0 saturated heterocycles. The number of aliphatic hydroxyl groups is 1. The second kappa shape index (κ2) is 3.68. The molecule has 1 atom stereocenters. The molecule has 1 aromatic carbocycles. The van der Waals surface area contributed by atoms with Crippen molar-refractivity contribution in [3.8, 4) is 0 Å². The first-order valence-electron chi connectivity index (χ1n) is 4.92. The Balaban J connectivity index is 2.42. The Morgan fingerprint density at radius 3 is 2.93 bits per heavy atom. The van der Waals surface area contributed by atoms with E-state index in [0.717, 1.165) is 16.5 Å². The maximum absolute atomic E-state index is 10.1. The number of methoxy groups -OCH3 is 1. The SMILES string of the molecule is COCC(C)(O)c1ccc2[nH]ccc2c1. The van der Waals surface area contributed by atoms with Crippen LogP contribution in [-0.2, 0) is 10.3 Å². The molecule has 1 aromatic heterocycles. The molecule has 0 fully saturated rings. The van der Waals surface area contributed by atoms with Crippen molar-refractivity contribution in [1.82, 2.24) is 4.98 Å². The second-order valence-corrected chi connectivity index (χ2v) is 3.99. The van der Waals surface area contributed by atoms with Crippen LogP contribution in [0.25, 0.3) is 10.9 Å². The third-order valence-corrected chi connectivity index (χ3v) is 2.60. The quantitative estimate of drug-likeness (QED) is 0.805. The van der Waals surface area contributed by atoms with Gasteiger partial charge in [0.1, 0.15) is 5.60 Å². The van der Waals surface area contributed by atoms with Crippen molar-refractivity contribution >= 4 is 10.9 Å². The van der Waals surface area contributed by atoms with E-state index in [1.165, 1.54) is 0 Å². The van der Waals surface area contributed by atoms with Gasteiger partial charge in [0.25, 0.3) is 0 Å². The van der Waals surface area contributed by atoms with Crippen LogP contribution in [0.2, 0.25) is 0 Å². The minimum Gasteiger partial charge on any atom is -0.383 e. The van der Waals surface area contributed by atoms with Crippen LogP contribution in [0.3, 0.4) is 0 Å². The van der Waals surface area contributed by atoms with E-state index in [1.54, 1.807) is 14.0 Å². The van der Waals surface area contributed by atoms with Gasteiger partial charge in [0, 0.05) is 18.8 Å². The topological polar surface area (TPSA) is 45.2 Å². The van der Waals surface area contributed by atoms with Gasteiger partial charge in [0.2, 0.25) is 0 Å². The molecule has 0 amide bonds. The van der Waals surface area contributed by atoms with Gasteiger partial charge >= 0.3 is 0 Å². The Morgan fingerprint density at radius 1 is 1.40 bits per heavy atom. The molecule has 2 rings (SSSR count). The van der Waals surface area contributed by atoms with Crippen molar-refractivity contribution in [3.05, 3.63) is 36.0 Å². The average Bonchev–Trinajstić information content (AvgIpc) is 2.63. The molecule has 0 spiro atoms. The Bertz CT molecular complexity index is 459. The van der Waals surface area contributed by atoms with Gasteiger partial charge in [-0.3, -0.25) is 0 Å². The Morgan fingerprint density at radius 2 is 2.20 bits per heavy atom. The average molecular weight is 205 g/mol. The van der Waals surface area contributed by atoms with E-state index in [9.17, 15) is 5.11 Å². The van der Waals surface area contributed by atoms with Gasteiger partial charge < -0.3 is 14.8 Å². The maximum atomic E-state index is 10.1. The summed E-state index contributed by atoms with van der Waals surface area (Å²) in [6, 6.07) is 7.85. The molecular formula is C12H15NO2. The number of H-pyrrole nitrogens is 1. The van der Waals surface area contributed by atoms with Crippen LogP contribution in [0.15, 0.2) is 30.5 Å². The van der Waals surface area contributed by atoms with Crippen LogP contribution in [-0.4, -0.2) is 23.8 Å². The van der Waals surface area contributed by atoms with Crippen LogP contribution in [0, 0.1) is 0 Å². The summed E-state index contributed by atoms with van der Waals surface area (Å²) < 4.78 is 5.00. The van der Waals surface area contributed by atoms with Crippen molar-refractivity contribution in [1.29, 1.82) is 0 Å². The van der Waals surface area contributed by atoms with Gasteiger partial charge in [0.15, 0.2) is 0 Å². The van der Waals surface area contributed by atoms with Gasteiger partial charge in [-0.05, 0) is 36.1 Å². The fraction of sp³-hybridized carbons (Fsp3) is 0.333. The minimum atomic E-state index is -0.930. The fourth-order valence-corrected chi connectivity index (χ4v) is 1.75. The molecule has 2 N–H and O–H groups in total. The number of hydrogen-bond acceptors (Lipinski definition) is 2. The van der Waals surface area contributed by atoms with E-state index in [4.69, 9.17) is 4.74 Å². The van der Waals surface area contributed by atoms with Crippen molar-refractivity contribution in [2.45, 2.75) is 12.5 Å². The smallest absolute Gasteiger partial charge is 0.110 e. The van der Waals surface area contributed by atoms with Crippen molar-refractivity contribution < 1.29 is 9.84 Å². The number of rotatable bonds is 3. The van der Waals surface area contributed by atoms with E-state index in [-0.39, 0.29) is 0 Å². The number of aromatic amines is 1. The highest BCUT2D eigenvalue weighted by molar-refractivity contribution is 5.80. The summed E-state index contributed by atoms with van der Waals surface area (Å²) in [6.45, 7) is 2.05. The number of ether oxygens (including phenoxy) is 1. The highest BCUT2D eigenvalue weighted by Gasteiger charge is 2.22. The predicted octanol–water partition coefficient (Wildman–Crippen LogP) is 2.02. The highest BCUT2D eigenvalue weighted by atomic mass is 16.5. The van der Waals surface area contributed by atoms with E-state index in [1.807, 2.05) is 30.5 Å². The molecular weight excluding hydrogens is 190 g/mol. The molecule has 1 unspecified atom stereocenters. The first-order chi connectivity index (χ1) is 7.13. The lowest BCUT2D eigenvalue weighted by molar-refractivity contribution is -0.0207. The molecule has 80 valence electrons. The molecule has 0 saturated carbocycles. The van der Waals surface area contributed by atoms with Gasteiger partial charge in [-0.25, -0.2) is 0 Å². The third-order valence-electron chi connectivity index (χ3n) is 2.60. The van der Waals surface area contributed by atoms with Gasteiger partial charge in [-0.15, -0.1) is 0 Å². The summed E-state index contributed by atoms with van der Waals surface area (Å²) in [7, 11) is 1.59. The molecule has 0 aliphatic rings. The van der Waals surface area contributed by atoms with E-state index in [0.29, 0.717) is 6.61 Å². The zero-order chi connectivity index (χ0) is 10.9. The van der Waals surface area contributed by atoms with Crippen LogP contribution in [0.1, 0.15) is 12.5 Å². The molecule has 0 aliphatic carbocycles. The number of aromatic nitrogens is 1. The van der Waals surface area contributed by atoms with Gasteiger partial charge in [-0.1, -0.05) is 6.07 Å². The zero-order valence-electron chi connectivity index (χ0n) is 8.95. The lowest BCUT2D eigenvalue weighted by Gasteiger charge is -2.22. The number of fused-ring (bicyclic) bond motifs is 1. The Kier molecular flexibility index (Phi) is 2.50. The monoisotopic (exact) mass is 205 g/mol. The molecule has 0 radical (unpaired) electrons. The van der Waals surface area contributed by atoms with Crippen molar-refractivity contribution in [2.75, 3.05) is 13.7 Å². The van der Waals surface area contributed by atoms with Gasteiger partial charge in [0.05, 0.1) is 6.61 Å². The summed E-state index contributed by atoms with van der Waals surface area (Å²) in [4.78, 5) is 3.12. The van der Waals surface area contributed by atoms with Crippen LogP contribution in [0.5, 0.6) is 0 Å². The van der Waals surface area contributed by atoms with E-state index in [2.05, 4.69) is 4.98 Å².